The van der Waals surface area contributed by atoms with Gasteiger partial charge in [-0.25, -0.2) is 9.18 Å². The predicted molar refractivity (Wildman–Crippen MR) is 78.5 cm³/mol. The first-order valence-corrected chi connectivity index (χ1v) is 7.32. The molecule has 5 nitrogen and oxygen atoms in total. The number of aromatic nitrogens is 1. The van der Waals surface area contributed by atoms with E-state index in [0.29, 0.717) is 11.1 Å². The van der Waals surface area contributed by atoms with Crippen LogP contribution in [-0.2, 0) is 5.54 Å². The summed E-state index contributed by atoms with van der Waals surface area (Å²) in [5.41, 5.74) is 5.47. The quantitative estimate of drug-likeness (QED) is 0.909. The summed E-state index contributed by atoms with van der Waals surface area (Å²) in [4.78, 5) is 23.6. The number of hydrogen-bond donors (Lipinski definition) is 2. The molecule has 3 N–H and O–H groups in total. The molecule has 4 rings (SSSR count). The number of halogens is 1. The second-order valence-electron chi connectivity index (χ2n) is 6.32. The molecule has 22 heavy (non-hydrogen) atoms. The Balaban J connectivity index is 2.07. The summed E-state index contributed by atoms with van der Waals surface area (Å²) in [5, 5.41) is 9.30. The van der Waals surface area contributed by atoms with Gasteiger partial charge in [-0.2, -0.15) is 0 Å². The number of pyridine rings is 1. The number of hydrogen-bond acceptors (Lipinski definition) is 3. The number of rotatable bonds is 3. The number of carboxylic acid groups (broad SMARTS) is 1. The lowest BCUT2D eigenvalue weighted by Gasteiger charge is -2.16. The first kappa shape index (κ1) is 13.5. The van der Waals surface area contributed by atoms with Crippen molar-refractivity contribution in [2.45, 2.75) is 37.3 Å². The van der Waals surface area contributed by atoms with Crippen molar-refractivity contribution in [1.29, 1.82) is 0 Å². The standard InChI is InChI=1S/C16H15FN2O3/c17-12-5-9-13(6-11(12)16(18)3-4-16)19(8-1-2-8)7-10(14(9)20)15(21)22/h5-8H,1-4,18H2,(H,21,22). The minimum atomic E-state index is -1.29. The average Bonchev–Trinajstić information content (AvgIpc) is 3.35. The van der Waals surface area contributed by atoms with E-state index in [1.165, 1.54) is 6.20 Å². The lowest BCUT2D eigenvalue weighted by molar-refractivity contribution is 0.0695. The van der Waals surface area contributed by atoms with Crippen LogP contribution in [0.15, 0.2) is 23.1 Å². The molecule has 1 aromatic heterocycles. The van der Waals surface area contributed by atoms with Crippen molar-refractivity contribution in [1.82, 2.24) is 4.57 Å². The summed E-state index contributed by atoms with van der Waals surface area (Å²) in [6.45, 7) is 0. The second-order valence-corrected chi connectivity index (χ2v) is 6.32. The zero-order chi connectivity index (χ0) is 15.6. The predicted octanol–water partition coefficient (Wildman–Crippen LogP) is 2.12. The van der Waals surface area contributed by atoms with E-state index in [0.717, 1.165) is 31.7 Å². The SMILES string of the molecule is NC1(c2cc3c(cc2F)c(=O)c(C(=O)O)cn3C2CC2)CC1. The monoisotopic (exact) mass is 302 g/mol. The van der Waals surface area contributed by atoms with Crippen molar-refractivity contribution >= 4 is 16.9 Å². The van der Waals surface area contributed by atoms with Crippen LogP contribution in [0, 0.1) is 5.82 Å². The lowest BCUT2D eigenvalue weighted by atomic mass is 10.0. The molecule has 0 bridgehead atoms. The number of nitrogens with zero attached hydrogens (tertiary/aromatic N) is 1. The Morgan fingerprint density at radius 3 is 2.59 bits per heavy atom. The number of carboxylic acids is 1. The number of carbonyl (C=O) groups is 1. The van der Waals surface area contributed by atoms with Gasteiger partial charge in [-0.05, 0) is 37.8 Å². The van der Waals surface area contributed by atoms with Crippen LogP contribution in [0.5, 0.6) is 0 Å². The molecule has 0 unspecified atom stereocenters. The minimum Gasteiger partial charge on any atom is -0.477 e. The molecule has 1 heterocycles. The van der Waals surface area contributed by atoms with Gasteiger partial charge in [0, 0.05) is 28.7 Å². The van der Waals surface area contributed by atoms with E-state index in [1.54, 1.807) is 10.6 Å². The number of benzene rings is 1. The van der Waals surface area contributed by atoms with E-state index in [1.807, 2.05) is 0 Å². The van der Waals surface area contributed by atoms with Gasteiger partial charge in [-0.15, -0.1) is 0 Å². The Hall–Kier alpha value is -2.21. The summed E-state index contributed by atoms with van der Waals surface area (Å²) in [7, 11) is 0. The molecule has 0 spiro atoms. The maximum absolute atomic E-state index is 14.3. The summed E-state index contributed by atoms with van der Waals surface area (Å²) in [6.07, 6.45) is 4.67. The molecule has 0 atom stereocenters. The molecule has 2 aromatic rings. The second kappa shape index (κ2) is 4.16. The van der Waals surface area contributed by atoms with Gasteiger partial charge in [-0.3, -0.25) is 4.79 Å². The first-order chi connectivity index (χ1) is 10.4. The lowest BCUT2D eigenvalue weighted by Crippen LogP contribution is -2.23. The first-order valence-electron chi connectivity index (χ1n) is 7.32. The van der Waals surface area contributed by atoms with Gasteiger partial charge in [0.2, 0.25) is 5.43 Å². The molecular formula is C16H15FN2O3. The molecule has 0 saturated heterocycles. The molecule has 0 radical (unpaired) electrons. The highest BCUT2D eigenvalue weighted by atomic mass is 19.1. The smallest absolute Gasteiger partial charge is 0.341 e. The Kier molecular flexibility index (Phi) is 2.55. The summed E-state index contributed by atoms with van der Waals surface area (Å²) >= 11 is 0. The third-order valence-electron chi connectivity index (χ3n) is 4.62. The zero-order valence-electron chi connectivity index (χ0n) is 11.8. The molecule has 2 aliphatic rings. The number of nitrogens with two attached hydrogens (primary N) is 1. The Morgan fingerprint density at radius 2 is 2.05 bits per heavy atom. The molecule has 2 aliphatic carbocycles. The normalized spacial score (nSPS) is 19.4. The van der Waals surface area contributed by atoms with Gasteiger partial charge in [0.25, 0.3) is 0 Å². The maximum atomic E-state index is 14.3. The van der Waals surface area contributed by atoms with E-state index in [4.69, 9.17) is 5.73 Å². The van der Waals surface area contributed by atoms with E-state index in [-0.39, 0.29) is 17.0 Å². The highest BCUT2D eigenvalue weighted by Gasteiger charge is 2.42. The van der Waals surface area contributed by atoms with Crippen LogP contribution >= 0.6 is 0 Å². The van der Waals surface area contributed by atoms with Crippen molar-refractivity contribution in [2.24, 2.45) is 5.73 Å². The Bertz CT molecular complexity index is 879. The van der Waals surface area contributed by atoms with Gasteiger partial charge in [0.1, 0.15) is 11.4 Å². The molecule has 6 heteroatoms. The van der Waals surface area contributed by atoms with Crippen LogP contribution in [-0.4, -0.2) is 15.6 Å². The van der Waals surface area contributed by atoms with Crippen LogP contribution < -0.4 is 11.2 Å². The average molecular weight is 302 g/mol. The summed E-state index contributed by atoms with van der Waals surface area (Å²) in [5.74, 6) is -1.82. The van der Waals surface area contributed by atoms with Crippen LogP contribution in [0.3, 0.4) is 0 Å². The fraction of sp³-hybridized carbons (Fsp3) is 0.375. The van der Waals surface area contributed by atoms with Crippen molar-refractivity contribution in [2.75, 3.05) is 0 Å². The van der Waals surface area contributed by atoms with Crippen LogP contribution in [0.25, 0.3) is 10.9 Å². The number of aromatic carboxylic acids is 1. The Labute approximate surface area is 125 Å². The van der Waals surface area contributed by atoms with Crippen LogP contribution in [0.2, 0.25) is 0 Å². The van der Waals surface area contributed by atoms with Gasteiger partial charge in [-0.1, -0.05) is 0 Å². The van der Waals surface area contributed by atoms with Crippen LogP contribution in [0.1, 0.15) is 47.6 Å². The molecule has 2 saturated carbocycles. The third-order valence-corrected chi connectivity index (χ3v) is 4.62. The van der Waals surface area contributed by atoms with Crippen molar-refractivity contribution in [3.63, 3.8) is 0 Å². The van der Waals surface area contributed by atoms with Crippen molar-refractivity contribution < 1.29 is 14.3 Å². The van der Waals surface area contributed by atoms with Gasteiger partial charge in [0.15, 0.2) is 0 Å². The molecule has 1 aromatic carbocycles. The van der Waals surface area contributed by atoms with Crippen molar-refractivity contribution in [3.05, 3.63) is 45.5 Å². The fourth-order valence-electron chi connectivity index (χ4n) is 2.96. The van der Waals surface area contributed by atoms with Gasteiger partial charge in [0.05, 0.1) is 5.52 Å². The zero-order valence-corrected chi connectivity index (χ0v) is 11.8. The fourth-order valence-corrected chi connectivity index (χ4v) is 2.96. The highest BCUT2D eigenvalue weighted by Crippen LogP contribution is 2.45. The molecule has 114 valence electrons. The van der Waals surface area contributed by atoms with E-state index < -0.39 is 22.8 Å². The number of fused-ring (bicyclic) bond motifs is 1. The van der Waals surface area contributed by atoms with E-state index in [9.17, 15) is 19.1 Å². The van der Waals surface area contributed by atoms with E-state index >= 15 is 0 Å². The summed E-state index contributed by atoms with van der Waals surface area (Å²) in [6, 6.07) is 2.95. The minimum absolute atomic E-state index is 0.109. The van der Waals surface area contributed by atoms with Gasteiger partial charge < -0.3 is 15.4 Å². The molecule has 2 fully saturated rings. The van der Waals surface area contributed by atoms with Gasteiger partial charge >= 0.3 is 5.97 Å². The maximum Gasteiger partial charge on any atom is 0.341 e. The van der Waals surface area contributed by atoms with E-state index in [2.05, 4.69) is 0 Å². The summed E-state index contributed by atoms with van der Waals surface area (Å²) < 4.78 is 16.1. The van der Waals surface area contributed by atoms with Crippen molar-refractivity contribution in [3.8, 4) is 0 Å². The van der Waals surface area contributed by atoms with Crippen LogP contribution in [0.4, 0.5) is 4.39 Å². The largest absolute Gasteiger partial charge is 0.477 e. The highest BCUT2D eigenvalue weighted by molar-refractivity contribution is 5.93. The molecule has 0 aliphatic heterocycles. The topological polar surface area (TPSA) is 85.3 Å². The Morgan fingerprint density at radius 1 is 1.36 bits per heavy atom. The molecular weight excluding hydrogens is 287 g/mol. The molecule has 0 amide bonds. The third kappa shape index (κ3) is 1.87.